The third-order valence-corrected chi connectivity index (χ3v) is 4.29. The van der Waals surface area contributed by atoms with Crippen molar-refractivity contribution in [2.24, 2.45) is 5.92 Å². The Balaban J connectivity index is 1.63. The monoisotopic (exact) mass is 330 g/mol. The van der Waals surface area contributed by atoms with Gasteiger partial charge in [0.25, 0.3) is 5.91 Å². The van der Waals surface area contributed by atoms with Crippen molar-refractivity contribution in [3.05, 3.63) is 30.1 Å². The van der Waals surface area contributed by atoms with Crippen LogP contribution in [-0.2, 0) is 9.59 Å². The van der Waals surface area contributed by atoms with Crippen LogP contribution in [0.25, 0.3) is 0 Å². The summed E-state index contributed by atoms with van der Waals surface area (Å²) < 4.78 is 0. The fourth-order valence-corrected chi connectivity index (χ4v) is 2.99. The first-order valence-electron chi connectivity index (χ1n) is 7.87. The van der Waals surface area contributed by atoms with E-state index in [0.717, 1.165) is 4.90 Å². The van der Waals surface area contributed by atoms with E-state index in [1.165, 1.54) is 0 Å². The molecule has 2 aliphatic heterocycles. The van der Waals surface area contributed by atoms with Gasteiger partial charge in [0, 0.05) is 25.2 Å². The van der Waals surface area contributed by atoms with Crippen LogP contribution in [0.1, 0.15) is 23.3 Å². The van der Waals surface area contributed by atoms with Crippen LogP contribution in [0.3, 0.4) is 0 Å². The number of Topliss-reactive ketones (excluding diaryl/α,β-unsaturated/α-hetero) is 1. The molecule has 8 nitrogen and oxygen atoms in total. The molecule has 1 aromatic rings. The summed E-state index contributed by atoms with van der Waals surface area (Å²) >= 11 is 0. The van der Waals surface area contributed by atoms with Gasteiger partial charge in [-0.1, -0.05) is 6.07 Å². The normalized spacial score (nSPS) is 20.9. The molecule has 3 rings (SSSR count). The molecule has 3 heterocycles. The first kappa shape index (κ1) is 16.1. The third kappa shape index (κ3) is 3.27. The van der Waals surface area contributed by atoms with Crippen LogP contribution in [0.15, 0.2) is 24.4 Å². The first-order valence-corrected chi connectivity index (χ1v) is 7.87. The number of nitrogens with one attached hydrogen (secondary N) is 1. The maximum atomic E-state index is 12.5. The second-order valence-corrected chi connectivity index (χ2v) is 5.90. The summed E-state index contributed by atoms with van der Waals surface area (Å²) in [6.45, 7) is 0.453. The van der Waals surface area contributed by atoms with Gasteiger partial charge in [0.2, 0.25) is 5.91 Å². The lowest BCUT2D eigenvalue weighted by Crippen LogP contribution is -2.48. The van der Waals surface area contributed by atoms with Gasteiger partial charge in [-0.15, -0.1) is 0 Å². The number of nitrogens with zero attached hydrogens (tertiary/aromatic N) is 3. The minimum absolute atomic E-state index is 0.0765. The highest BCUT2D eigenvalue weighted by atomic mass is 16.2. The molecule has 2 saturated heterocycles. The fraction of sp³-hybridized carbons (Fsp3) is 0.438. The number of rotatable bonds is 4. The lowest BCUT2D eigenvalue weighted by Gasteiger charge is -2.32. The van der Waals surface area contributed by atoms with Gasteiger partial charge in [0.1, 0.15) is 12.2 Å². The number of ketones is 1. The van der Waals surface area contributed by atoms with E-state index in [2.05, 4.69) is 10.3 Å². The predicted octanol–water partition coefficient (Wildman–Crippen LogP) is 0.0547. The SMILES string of the molecule is O=C(c1ccccn1)[C@@H]1CCCN(C(=O)CN2C(=O)CNC2=O)C1. The molecule has 2 aliphatic rings. The Bertz CT molecular complexity index is 660. The van der Waals surface area contributed by atoms with Crippen LogP contribution in [0.4, 0.5) is 4.79 Å². The van der Waals surface area contributed by atoms with E-state index in [0.29, 0.717) is 25.1 Å². The van der Waals surface area contributed by atoms with Crippen molar-refractivity contribution in [1.82, 2.24) is 20.1 Å². The van der Waals surface area contributed by atoms with Gasteiger partial charge in [-0.05, 0) is 25.0 Å². The zero-order valence-corrected chi connectivity index (χ0v) is 13.1. The molecule has 0 spiro atoms. The van der Waals surface area contributed by atoms with Crippen molar-refractivity contribution in [3.63, 3.8) is 0 Å². The minimum Gasteiger partial charge on any atom is -0.340 e. The molecule has 1 N–H and O–H groups in total. The number of imide groups is 1. The maximum Gasteiger partial charge on any atom is 0.325 e. The van der Waals surface area contributed by atoms with Gasteiger partial charge in [0.05, 0.1) is 6.54 Å². The van der Waals surface area contributed by atoms with Crippen LogP contribution in [-0.4, -0.2) is 64.6 Å². The van der Waals surface area contributed by atoms with Gasteiger partial charge in [-0.25, -0.2) is 4.79 Å². The summed E-state index contributed by atoms with van der Waals surface area (Å²) in [5, 5.41) is 2.38. The van der Waals surface area contributed by atoms with Gasteiger partial charge < -0.3 is 10.2 Å². The van der Waals surface area contributed by atoms with Crippen molar-refractivity contribution >= 4 is 23.6 Å². The molecule has 24 heavy (non-hydrogen) atoms. The molecule has 1 atom stereocenters. The molecule has 0 aromatic carbocycles. The quantitative estimate of drug-likeness (QED) is 0.621. The highest BCUT2D eigenvalue weighted by molar-refractivity contribution is 6.04. The average Bonchev–Trinajstić information content (AvgIpc) is 2.94. The van der Waals surface area contributed by atoms with Crippen molar-refractivity contribution < 1.29 is 19.2 Å². The Kier molecular flexibility index (Phi) is 4.54. The van der Waals surface area contributed by atoms with E-state index in [-0.39, 0.29) is 37.2 Å². The van der Waals surface area contributed by atoms with Crippen LogP contribution in [0.2, 0.25) is 0 Å². The zero-order chi connectivity index (χ0) is 17.1. The van der Waals surface area contributed by atoms with Crippen molar-refractivity contribution in [2.45, 2.75) is 12.8 Å². The second kappa shape index (κ2) is 6.77. The van der Waals surface area contributed by atoms with Crippen LogP contribution >= 0.6 is 0 Å². The fourth-order valence-electron chi connectivity index (χ4n) is 2.99. The number of likely N-dealkylation sites (tertiary alicyclic amines) is 1. The molecule has 126 valence electrons. The number of piperidine rings is 1. The highest BCUT2D eigenvalue weighted by Gasteiger charge is 2.34. The second-order valence-electron chi connectivity index (χ2n) is 5.90. The molecule has 0 saturated carbocycles. The van der Waals surface area contributed by atoms with Crippen LogP contribution < -0.4 is 5.32 Å². The van der Waals surface area contributed by atoms with Gasteiger partial charge in [-0.2, -0.15) is 0 Å². The van der Waals surface area contributed by atoms with E-state index < -0.39 is 11.9 Å². The van der Waals surface area contributed by atoms with E-state index in [1.54, 1.807) is 29.3 Å². The molecule has 0 aliphatic carbocycles. The van der Waals surface area contributed by atoms with E-state index in [9.17, 15) is 19.2 Å². The number of urea groups is 1. The zero-order valence-electron chi connectivity index (χ0n) is 13.1. The Morgan fingerprint density at radius 2 is 2.12 bits per heavy atom. The Hall–Kier alpha value is -2.77. The molecule has 2 fully saturated rings. The molecular formula is C16H18N4O4. The third-order valence-electron chi connectivity index (χ3n) is 4.29. The number of hydrogen-bond donors (Lipinski definition) is 1. The van der Waals surface area contributed by atoms with Gasteiger partial charge >= 0.3 is 6.03 Å². The summed E-state index contributed by atoms with van der Waals surface area (Å²) in [6, 6.07) is 4.61. The average molecular weight is 330 g/mol. The van der Waals surface area contributed by atoms with Crippen LogP contribution in [0.5, 0.6) is 0 Å². The van der Waals surface area contributed by atoms with Crippen molar-refractivity contribution in [3.8, 4) is 0 Å². The smallest absolute Gasteiger partial charge is 0.325 e. The Morgan fingerprint density at radius 3 is 2.79 bits per heavy atom. The molecule has 1 aromatic heterocycles. The van der Waals surface area contributed by atoms with Gasteiger partial charge in [0.15, 0.2) is 5.78 Å². The van der Waals surface area contributed by atoms with Crippen LogP contribution in [0, 0.1) is 5.92 Å². The standard InChI is InChI=1S/C16H18N4O4/c21-13-8-18-16(24)20(13)10-14(22)19-7-3-4-11(9-19)15(23)12-5-1-2-6-17-12/h1-2,5-6,11H,3-4,7-10H2,(H,18,24)/t11-/m1/s1. The molecule has 0 radical (unpaired) electrons. The Labute approximate surface area is 138 Å². The molecule has 0 bridgehead atoms. The number of amides is 4. The van der Waals surface area contributed by atoms with Gasteiger partial charge in [-0.3, -0.25) is 24.3 Å². The summed E-state index contributed by atoms with van der Waals surface area (Å²) in [7, 11) is 0. The largest absolute Gasteiger partial charge is 0.340 e. The van der Waals surface area contributed by atoms with Crippen molar-refractivity contribution in [2.75, 3.05) is 26.2 Å². The summed E-state index contributed by atoms with van der Waals surface area (Å²) in [6.07, 6.45) is 2.97. The summed E-state index contributed by atoms with van der Waals surface area (Å²) in [5.74, 6) is -1.12. The highest BCUT2D eigenvalue weighted by Crippen LogP contribution is 2.20. The topological polar surface area (TPSA) is 99.7 Å². The number of carbonyl (C=O) groups is 4. The molecular weight excluding hydrogens is 312 g/mol. The summed E-state index contributed by atoms with van der Waals surface area (Å²) in [5.41, 5.74) is 0.394. The molecule has 4 amide bonds. The Morgan fingerprint density at radius 1 is 1.29 bits per heavy atom. The van der Waals surface area contributed by atoms with E-state index in [4.69, 9.17) is 0 Å². The molecule has 8 heteroatoms. The summed E-state index contributed by atoms with van der Waals surface area (Å²) in [4.78, 5) is 54.5. The molecule has 0 unspecified atom stereocenters. The van der Waals surface area contributed by atoms with Crippen molar-refractivity contribution in [1.29, 1.82) is 0 Å². The number of hydrogen-bond acceptors (Lipinski definition) is 5. The minimum atomic E-state index is -0.550. The van der Waals surface area contributed by atoms with E-state index in [1.807, 2.05) is 0 Å². The lowest BCUT2D eigenvalue weighted by atomic mass is 9.92. The first-order chi connectivity index (χ1) is 11.6. The number of carbonyl (C=O) groups excluding carboxylic acids is 4. The number of pyridine rings is 1. The predicted molar refractivity (Wildman–Crippen MR) is 83.0 cm³/mol. The number of aromatic nitrogens is 1. The lowest BCUT2D eigenvalue weighted by molar-refractivity contribution is -0.137. The maximum absolute atomic E-state index is 12.5. The van der Waals surface area contributed by atoms with E-state index >= 15 is 0 Å².